The number of hydrogen-bond donors (Lipinski definition) is 1. The molecule has 0 saturated carbocycles. The number of imide groups is 1. The van der Waals surface area contributed by atoms with Gasteiger partial charge >= 0.3 is 6.18 Å². The molecule has 10 heteroatoms. The van der Waals surface area contributed by atoms with E-state index in [0.29, 0.717) is 19.2 Å². The Hall–Kier alpha value is -2.48. The Morgan fingerprint density at radius 3 is 2.21 bits per heavy atom. The Balaban J connectivity index is 1.59. The van der Waals surface area contributed by atoms with Gasteiger partial charge in [-0.3, -0.25) is 14.5 Å². The fourth-order valence-corrected chi connectivity index (χ4v) is 5.98. The summed E-state index contributed by atoms with van der Waals surface area (Å²) >= 11 is 0. The first-order valence-corrected chi connectivity index (χ1v) is 11.5. The molecule has 2 amide bonds. The van der Waals surface area contributed by atoms with Crippen LogP contribution in [0.5, 0.6) is 0 Å². The molecule has 1 N–H and O–H groups in total. The minimum absolute atomic E-state index is 0.168. The van der Waals surface area contributed by atoms with Crippen molar-refractivity contribution in [3.63, 3.8) is 0 Å². The Kier molecular flexibility index (Phi) is 6.25. The number of rotatable bonds is 7. The van der Waals surface area contributed by atoms with Gasteiger partial charge in [-0.2, -0.15) is 18.4 Å². The van der Waals surface area contributed by atoms with Crippen molar-refractivity contribution in [1.82, 2.24) is 4.90 Å². The molecule has 7 nitrogen and oxygen atoms in total. The minimum Gasteiger partial charge on any atom is -0.396 e. The minimum atomic E-state index is -4.79. The Morgan fingerprint density at radius 1 is 1.09 bits per heavy atom. The number of unbranched alkanes of at least 4 members (excludes halogenated alkanes) is 3. The molecule has 1 aromatic carbocycles. The molecule has 3 aliphatic heterocycles. The van der Waals surface area contributed by atoms with E-state index in [1.165, 1.54) is 12.1 Å². The third-order valence-electron chi connectivity index (χ3n) is 7.23. The summed E-state index contributed by atoms with van der Waals surface area (Å²) in [4.78, 5) is 30.0. The third kappa shape index (κ3) is 4.00. The number of halogens is 3. The smallest absolute Gasteiger partial charge is 0.396 e. The first-order valence-electron chi connectivity index (χ1n) is 11.5. The van der Waals surface area contributed by atoms with Crippen molar-refractivity contribution in [2.45, 2.75) is 56.9 Å². The van der Waals surface area contributed by atoms with Crippen LogP contribution in [0.1, 0.15) is 50.7 Å². The molecule has 1 unspecified atom stereocenters. The summed E-state index contributed by atoms with van der Waals surface area (Å²) in [6.45, 7) is 5.41. The monoisotopic (exact) mass is 479 g/mol. The summed E-state index contributed by atoms with van der Waals surface area (Å²) in [6.07, 6.45) is -1.23. The largest absolute Gasteiger partial charge is 0.417 e. The number of nitrogens with zero attached hydrogens (tertiary/aromatic N) is 3. The van der Waals surface area contributed by atoms with Gasteiger partial charge in [0.15, 0.2) is 0 Å². The number of fused-ring (bicyclic) bond motifs is 5. The maximum Gasteiger partial charge on any atom is 0.417 e. The third-order valence-corrected chi connectivity index (χ3v) is 7.23. The van der Waals surface area contributed by atoms with Crippen molar-refractivity contribution in [3.8, 4) is 6.07 Å². The highest BCUT2D eigenvalue weighted by Gasteiger charge is 2.71. The Morgan fingerprint density at radius 2 is 1.68 bits per heavy atom. The van der Waals surface area contributed by atoms with Crippen LogP contribution in [0.4, 0.5) is 18.9 Å². The first kappa shape index (κ1) is 24.6. The van der Waals surface area contributed by atoms with Gasteiger partial charge in [0.05, 0.1) is 45.9 Å². The van der Waals surface area contributed by atoms with Crippen LogP contribution in [0.25, 0.3) is 0 Å². The van der Waals surface area contributed by atoms with E-state index in [2.05, 4.69) is 4.90 Å². The van der Waals surface area contributed by atoms with Crippen molar-refractivity contribution in [3.05, 3.63) is 29.3 Å². The van der Waals surface area contributed by atoms with Crippen LogP contribution in [-0.2, 0) is 20.5 Å². The summed E-state index contributed by atoms with van der Waals surface area (Å²) in [5, 5.41) is 18.0. The molecule has 1 aromatic rings. The summed E-state index contributed by atoms with van der Waals surface area (Å²) < 4.78 is 46.7. The van der Waals surface area contributed by atoms with Gasteiger partial charge in [-0.05, 0) is 51.4 Å². The molecular formula is C24H28F3N3O4. The van der Waals surface area contributed by atoms with Crippen LogP contribution in [0.15, 0.2) is 18.2 Å². The number of ether oxygens (including phenoxy) is 1. The molecule has 4 atom stereocenters. The molecule has 184 valence electrons. The second-order valence-corrected chi connectivity index (χ2v) is 9.88. The molecule has 3 heterocycles. The molecule has 0 aromatic heterocycles. The molecule has 3 aliphatic rings. The summed E-state index contributed by atoms with van der Waals surface area (Å²) in [6, 6.07) is 4.42. The van der Waals surface area contributed by atoms with Crippen molar-refractivity contribution in [2.75, 3.05) is 31.1 Å². The van der Waals surface area contributed by atoms with Crippen molar-refractivity contribution in [2.24, 2.45) is 11.8 Å². The maximum atomic E-state index is 13.5. The molecule has 34 heavy (non-hydrogen) atoms. The average Bonchev–Trinajstić information content (AvgIpc) is 3.12. The number of anilines is 1. The van der Waals surface area contributed by atoms with Crippen molar-refractivity contribution in [1.29, 1.82) is 5.26 Å². The highest BCUT2D eigenvalue weighted by molar-refractivity contribution is 6.23. The van der Waals surface area contributed by atoms with Crippen LogP contribution in [0.2, 0.25) is 0 Å². The second-order valence-electron chi connectivity index (χ2n) is 9.88. The number of carbonyl (C=O) groups is 2. The van der Waals surface area contributed by atoms with Gasteiger partial charge in [-0.1, -0.05) is 12.8 Å². The van der Waals surface area contributed by atoms with Crippen molar-refractivity contribution >= 4 is 17.5 Å². The number of aliphatic hydroxyl groups excluding tert-OH is 1. The van der Waals surface area contributed by atoms with E-state index in [9.17, 15) is 22.8 Å². The van der Waals surface area contributed by atoms with Crippen LogP contribution in [0.3, 0.4) is 0 Å². The Labute approximate surface area is 196 Å². The molecule has 3 saturated heterocycles. The lowest BCUT2D eigenvalue weighted by molar-refractivity contribution is -0.169. The van der Waals surface area contributed by atoms with Gasteiger partial charge in [0.2, 0.25) is 11.8 Å². The van der Waals surface area contributed by atoms with Gasteiger partial charge in [0.25, 0.3) is 0 Å². The van der Waals surface area contributed by atoms with Crippen LogP contribution in [0, 0.1) is 23.2 Å². The lowest BCUT2D eigenvalue weighted by atomic mass is 9.79. The van der Waals surface area contributed by atoms with Gasteiger partial charge < -0.3 is 9.84 Å². The zero-order valence-electron chi connectivity index (χ0n) is 19.2. The predicted molar refractivity (Wildman–Crippen MR) is 116 cm³/mol. The topological polar surface area (TPSA) is 93.9 Å². The number of aliphatic hydroxyl groups is 1. The number of carbonyl (C=O) groups excluding carboxylic acids is 2. The van der Waals surface area contributed by atoms with Crippen LogP contribution in [-0.4, -0.2) is 59.3 Å². The van der Waals surface area contributed by atoms with E-state index in [1.807, 2.05) is 0 Å². The highest BCUT2D eigenvalue weighted by atomic mass is 19.4. The maximum absolute atomic E-state index is 13.5. The Bertz CT molecular complexity index is 1000. The lowest BCUT2D eigenvalue weighted by Crippen LogP contribution is -2.58. The molecule has 4 rings (SSSR count). The standard InChI is InChI=1S/C24H28F3N3O4/c1-22-13-29(9-5-3-4-6-10-31)14-23(2,34-22)19-18(22)20(32)30(21(19)33)16-8-7-15(12-28)17(11-16)24(25,26)27/h7-8,11,18-19,31H,3-6,9-10,13-14H2,1-2H3/t18-,19?,22+,23-/m0/s1. The van der Waals surface area contributed by atoms with E-state index in [4.69, 9.17) is 15.1 Å². The second kappa shape index (κ2) is 8.63. The number of likely N-dealkylation sites (tertiary alicyclic amines) is 1. The zero-order chi connectivity index (χ0) is 24.9. The SMILES string of the molecule is C[C@]12CN(CCCCCCO)C[C@](C)(O1)C1C(=O)N(c3ccc(C#N)c(C(F)(F)F)c3)C(=O)[C@H]12. The molecule has 3 fully saturated rings. The van der Waals surface area contributed by atoms with E-state index >= 15 is 0 Å². The summed E-state index contributed by atoms with van der Waals surface area (Å²) in [5.74, 6) is -2.73. The lowest BCUT2D eigenvalue weighted by Gasteiger charge is -2.45. The zero-order valence-corrected chi connectivity index (χ0v) is 19.2. The number of morpholine rings is 1. The fraction of sp³-hybridized carbons (Fsp3) is 0.625. The van der Waals surface area contributed by atoms with Gasteiger partial charge in [0, 0.05) is 19.7 Å². The average molecular weight is 479 g/mol. The first-order chi connectivity index (χ1) is 15.9. The normalized spacial score (nSPS) is 31.1. The van der Waals surface area contributed by atoms with E-state index in [1.54, 1.807) is 13.8 Å². The molecular weight excluding hydrogens is 451 g/mol. The van der Waals surface area contributed by atoms with Crippen LogP contribution < -0.4 is 4.90 Å². The number of amides is 2. The van der Waals surface area contributed by atoms with Crippen LogP contribution >= 0.6 is 0 Å². The molecule has 2 bridgehead atoms. The highest BCUT2D eigenvalue weighted by Crippen LogP contribution is 2.55. The molecule has 0 aliphatic carbocycles. The molecule has 0 spiro atoms. The quantitative estimate of drug-likeness (QED) is 0.477. The summed E-state index contributed by atoms with van der Waals surface area (Å²) in [5.41, 5.74) is -3.80. The fourth-order valence-electron chi connectivity index (χ4n) is 5.98. The number of alkyl halides is 3. The van der Waals surface area contributed by atoms with Gasteiger partial charge in [0.1, 0.15) is 0 Å². The summed E-state index contributed by atoms with van der Waals surface area (Å²) in [7, 11) is 0. The van der Waals surface area contributed by atoms with E-state index in [0.717, 1.165) is 43.2 Å². The number of nitriles is 1. The van der Waals surface area contributed by atoms with E-state index < -0.39 is 52.2 Å². The van der Waals surface area contributed by atoms with Gasteiger partial charge in [-0.15, -0.1) is 0 Å². The van der Waals surface area contributed by atoms with Gasteiger partial charge in [-0.25, -0.2) is 4.90 Å². The van der Waals surface area contributed by atoms with E-state index in [-0.39, 0.29) is 12.3 Å². The number of hydrogen-bond acceptors (Lipinski definition) is 6. The molecule has 0 radical (unpaired) electrons. The predicted octanol–water partition coefficient (Wildman–Crippen LogP) is 3.10. The van der Waals surface area contributed by atoms with Crippen molar-refractivity contribution < 1.29 is 32.6 Å². The number of benzene rings is 1.